The Balaban J connectivity index is 1.94. The largest absolute Gasteiger partial charge is 0.296 e. The van der Waals surface area contributed by atoms with Gasteiger partial charge in [-0.25, -0.2) is 4.98 Å². The first kappa shape index (κ1) is 12.2. The molecular formula is C12H10N4OS2. The molecule has 0 aliphatic rings. The van der Waals surface area contributed by atoms with Gasteiger partial charge in [-0.05, 0) is 42.6 Å². The summed E-state index contributed by atoms with van der Waals surface area (Å²) in [6.45, 7) is 4.07. The van der Waals surface area contributed by atoms with Crippen LogP contribution in [0.25, 0.3) is 10.2 Å². The molecule has 0 aliphatic heterocycles. The van der Waals surface area contributed by atoms with Gasteiger partial charge >= 0.3 is 0 Å². The summed E-state index contributed by atoms with van der Waals surface area (Å²) in [6, 6.07) is 4.15. The molecular weight excluding hydrogens is 280 g/mol. The van der Waals surface area contributed by atoms with Crippen molar-refractivity contribution in [3.8, 4) is 0 Å². The highest BCUT2D eigenvalue weighted by molar-refractivity contribution is 7.22. The summed E-state index contributed by atoms with van der Waals surface area (Å²) in [6.07, 6.45) is 0. The molecule has 3 rings (SSSR count). The van der Waals surface area contributed by atoms with E-state index < -0.39 is 0 Å². The Morgan fingerprint density at radius 3 is 2.89 bits per heavy atom. The first-order chi connectivity index (χ1) is 9.13. The number of carbonyl (C=O) groups is 1. The van der Waals surface area contributed by atoms with E-state index in [1.54, 1.807) is 5.38 Å². The van der Waals surface area contributed by atoms with Gasteiger partial charge in [-0.3, -0.25) is 10.1 Å². The van der Waals surface area contributed by atoms with Crippen molar-refractivity contribution < 1.29 is 4.79 Å². The number of fused-ring (bicyclic) bond motifs is 1. The van der Waals surface area contributed by atoms with E-state index in [0.717, 1.165) is 27.3 Å². The van der Waals surface area contributed by atoms with Crippen LogP contribution in [-0.2, 0) is 0 Å². The Hall–Kier alpha value is -1.86. The third kappa shape index (κ3) is 2.34. The summed E-state index contributed by atoms with van der Waals surface area (Å²) in [4.78, 5) is 16.3. The van der Waals surface area contributed by atoms with Crippen molar-refractivity contribution in [2.24, 2.45) is 0 Å². The van der Waals surface area contributed by atoms with Crippen LogP contribution in [0.3, 0.4) is 0 Å². The van der Waals surface area contributed by atoms with E-state index in [1.165, 1.54) is 16.9 Å². The molecule has 1 N–H and O–H groups in total. The maximum absolute atomic E-state index is 11.9. The smallest absolute Gasteiger partial charge is 0.278 e. The lowest BCUT2D eigenvalue weighted by Gasteiger charge is -1.96. The highest BCUT2D eigenvalue weighted by Gasteiger charge is 2.13. The number of hydrogen-bond donors (Lipinski definition) is 1. The first-order valence-corrected chi connectivity index (χ1v) is 7.25. The number of rotatable bonds is 2. The third-order valence-corrected chi connectivity index (χ3v) is 4.07. The number of aromatic nitrogens is 3. The first-order valence-electron chi connectivity index (χ1n) is 5.59. The van der Waals surface area contributed by atoms with E-state index in [0.29, 0.717) is 10.8 Å². The molecule has 19 heavy (non-hydrogen) atoms. The molecule has 96 valence electrons. The van der Waals surface area contributed by atoms with Crippen LogP contribution >= 0.6 is 22.9 Å². The van der Waals surface area contributed by atoms with Gasteiger partial charge in [0, 0.05) is 5.38 Å². The van der Waals surface area contributed by atoms with Crippen LogP contribution in [0.1, 0.15) is 21.6 Å². The lowest BCUT2D eigenvalue weighted by atomic mass is 10.1. The molecule has 0 fully saturated rings. The summed E-state index contributed by atoms with van der Waals surface area (Å²) in [5, 5.41) is 8.68. The van der Waals surface area contributed by atoms with Crippen molar-refractivity contribution in [3.63, 3.8) is 0 Å². The van der Waals surface area contributed by atoms with Crippen molar-refractivity contribution in [2.75, 3.05) is 5.32 Å². The van der Waals surface area contributed by atoms with E-state index in [4.69, 9.17) is 0 Å². The number of amides is 1. The normalized spacial score (nSPS) is 10.8. The van der Waals surface area contributed by atoms with Crippen molar-refractivity contribution in [1.29, 1.82) is 0 Å². The van der Waals surface area contributed by atoms with Gasteiger partial charge in [0.05, 0.1) is 10.2 Å². The number of anilines is 1. The summed E-state index contributed by atoms with van der Waals surface area (Å²) in [5.41, 5.74) is 3.55. The van der Waals surface area contributed by atoms with Crippen LogP contribution in [0.15, 0.2) is 17.5 Å². The van der Waals surface area contributed by atoms with E-state index in [2.05, 4.69) is 32.0 Å². The lowest BCUT2D eigenvalue weighted by molar-refractivity contribution is 0.102. The van der Waals surface area contributed by atoms with Crippen molar-refractivity contribution in [3.05, 3.63) is 34.3 Å². The maximum atomic E-state index is 11.9. The Morgan fingerprint density at radius 2 is 2.16 bits per heavy atom. The summed E-state index contributed by atoms with van der Waals surface area (Å²) >= 11 is 2.61. The van der Waals surface area contributed by atoms with Gasteiger partial charge < -0.3 is 0 Å². The maximum Gasteiger partial charge on any atom is 0.278 e. The highest BCUT2D eigenvalue weighted by atomic mass is 32.1. The van der Waals surface area contributed by atoms with E-state index >= 15 is 0 Å². The molecule has 0 unspecified atom stereocenters. The van der Waals surface area contributed by atoms with Gasteiger partial charge in [-0.2, -0.15) is 0 Å². The minimum Gasteiger partial charge on any atom is -0.296 e. The molecule has 1 aromatic carbocycles. The van der Waals surface area contributed by atoms with Crippen LogP contribution in [0.4, 0.5) is 5.13 Å². The molecule has 0 saturated carbocycles. The standard InChI is InChI=1S/C12H10N4OS2/c1-6-3-7(2)10-9(4-6)19-12(13-10)14-11(17)8-5-18-16-15-8/h3-5H,1-2H3,(H,13,14,17). The zero-order valence-corrected chi connectivity index (χ0v) is 11.9. The quantitative estimate of drug-likeness (QED) is 0.787. The number of hydrogen-bond acceptors (Lipinski definition) is 6. The van der Waals surface area contributed by atoms with Crippen molar-refractivity contribution in [1.82, 2.24) is 14.6 Å². The molecule has 2 heterocycles. The highest BCUT2D eigenvalue weighted by Crippen LogP contribution is 2.29. The third-order valence-electron chi connectivity index (χ3n) is 2.64. The second-order valence-electron chi connectivity index (χ2n) is 4.19. The second-order valence-corrected chi connectivity index (χ2v) is 5.83. The molecule has 0 saturated heterocycles. The van der Waals surface area contributed by atoms with Gasteiger partial charge in [0.2, 0.25) is 0 Å². The predicted molar refractivity (Wildman–Crippen MR) is 77.0 cm³/mol. The van der Waals surface area contributed by atoms with Crippen molar-refractivity contribution >= 4 is 44.1 Å². The van der Waals surface area contributed by atoms with E-state index in [-0.39, 0.29) is 5.91 Å². The SMILES string of the molecule is Cc1cc(C)c2nc(NC(=O)c3csnn3)sc2c1. The van der Waals surface area contributed by atoms with E-state index in [1.807, 2.05) is 13.8 Å². The molecule has 7 heteroatoms. The van der Waals surface area contributed by atoms with Crippen LogP contribution in [0.5, 0.6) is 0 Å². The van der Waals surface area contributed by atoms with Crippen LogP contribution in [0.2, 0.25) is 0 Å². The number of nitrogens with one attached hydrogen (secondary N) is 1. The molecule has 0 bridgehead atoms. The average Bonchev–Trinajstić information content (AvgIpc) is 2.96. The van der Waals surface area contributed by atoms with Gasteiger partial charge in [-0.15, -0.1) is 5.10 Å². The van der Waals surface area contributed by atoms with Crippen LogP contribution in [-0.4, -0.2) is 20.5 Å². The lowest BCUT2D eigenvalue weighted by Crippen LogP contribution is -2.11. The Bertz CT molecular complexity index is 749. The summed E-state index contributed by atoms with van der Waals surface area (Å²) in [5.74, 6) is -0.276. The van der Waals surface area contributed by atoms with Crippen molar-refractivity contribution in [2.45, 2.75) is 13.8 Å². The fourth-order valence-corrected chi connectivity index (χ4v) is 3.32. The molecule has 2 aromatic heterocycles. The van der Waals surface area contributed by atoms with Crippen LogP contribution in [0, 0.1) is 13.8 Å². The van der Waals surface area contributed by atoms with Gasteiger partial charge in [0.15, 0.2) is 10.8 Å². The minimum absolute atomic E-state index is 0.276. The monoisotopic (exact) mass is 290 g/mol. The van der Waals surface area contributed by atoms with Gasteiger partial charge in [-0.1, -0.05) is 21.9 Å². The molecule has 3 aromatic rings. The zero-order chi connectivity index (χ0) is 13.4. The topological polar surface area (TPSA) is 67.8 Å². The number of aryl methyl sites for hydroxylation is 2. The van der Waals surface area contributed by atoms with Crippen LogP contribution < -0.4 is 5.32 Å². The van der Waals surface area contributed by atoms with E-state index in [9.17, 15) is 4.79 Å². The summed E-state index contributed by atoms with van der Waals surface area (Å²) < 4.78 is 4.74. The summed E-state index contributed by atoms with van der Waals surface area (Å²) in [7, 11) is 0. The number of benzene rings is 1. The molecule has 0 spiro atoms. The Kier molecular flexibility index (Phi) is 3.00. The Labute approximate surface area is 117 Å². The average molecular weight is 290 g/mol. The minimum atomic E-state index is -0.276. The second kappa shape index (κ2) is 4.67. The fourth-order valence-electron chi connectivity index (χ4n) is 1.85. The number of thiazole rings is 1. The number of carbonyl (C=O) groups excluding carboxylic acids is 1. The number of nitrogens with zero attached hydrogens (tertiary/aromatic N) is 3. The predicted octanol–water partition coefficient (Wildman–Crippen LogP) is 3.02. The van der Waals surface area contributed by atoms with Gasteiger partial charge in [0.25, 0.3) is 5.91 Å². The molecule has 0 radical (unpaired) electrons. The fraction of sp³-hybridized carbons (Fsp3) is 0.167. The molecule has 0 aliphatic carbocycles. The zero-order valence-electron chi connectivity index (χ0n) is 10.3. The molecule has 0 atom stereocenters. The molecule has 1 amide bonds. The molecule has 5 nitrogen and oxygen atoms in total. The van der Waals surface area contributed by atoms with Gasteiger partial charge in [0.1, 0.15) is 0 Å². The Morgan fingerprint density at radius 1 is 1.32 bits per heavy atom.